The first kappa shape index (κ1) is 16.8. The molecule has 0 atom stereocenters. The molecule has 5 heteroatoms. The van der Waals surface area contributed by atoms with Gasteiger partial charge in [0.05, 0.1) is 5.56 Å². The third kappa shape index (κ3) is 4.49. The number of benzene rings is 2. The zero-order valence-electron chi connectivity index (χ0n) is 13.4. The lowest BCUT2D eigenvalue weighted by Crippen LogP contribution is -2.42. The minimum Gasteiger partial charge on any atom is -0.488 e. The van der Waals surface area contributed by atoms with E-state index in [1.807, 2.05) is 42.5 Å². The fourth-order valence-electron chi connectivity index (χ4n) is 2.75. The van der Waals surface area contributed by atoms with Gasteiger partial charge in [-0.05, 0) is 55.8 Å². The van der Waals surface area contributed by atoms with Crippen LogP contribution in [-0.4, -0.2) is 25.0 Å². The normalized spacial score (nSPS) is 15.0. The van der Waals surface area contributed by atoms with Crippen molar-refractivity contribution in [3.05, 3.63) is 64.7 Å². The van der Waals surface area contributed by atoms with Crippen molar-refractivity contribution in [2.24, 2.45) is 0 Å². The Morgan fingerprint density at radius 2 is 1.83 bits per heavy atom. The molecule has 4 nitrogen and oxygen atoms in total. The summed E-state index contributed by atoms with van der Waals surface area (Å²) in [5.41, 5.74) is 1.58. The van der Waals surface area contributed by atoms with Gasteiger partial charge in [0.1, 0.15) is 12.4 Å². The van der Waals surface area contributed by atoms with E-state index in [1.165, 1.54) is 0 Å². The number of hydrogen-bond donors (Lipinski definition) is 2. The number of hydrogen-bond acceptors (Lipinski definition) is 3. The van der Waals surface area contributed by atoms with Gasteiger partial charge in [-0.1, -0.05) is 35.9 Å². The maximum atomic E-state index is 12.6. The summed E-state index contributed by atoms with van der Waals surface area (Å²) in [5, 5.41) is 7.10. The predicted octanol–water partition coefficient (Wildman–Crippen LogP) is 3.40. The molecule has 0 aliphatic carbocycles. The van der Waals surface area contributed by atoms with E-state index >= 15 is 0 Å². The van der Waals surface area contributed by atoms with Crippen molar-refractivity contribution in [3.8, 4) is 5.75 Å². The maximum Gasteiger partial charge on any atom is 0.255 e. The summed E-state index contributed by atoms with van der Waals surface area (Å²) in [7, 11) is 0. The number of nitrogens with one attached hydrogen (secondary N) is 2. The molecule has 0 unspecified atom stereocenters. The molecule has 126 valence electrons. The number of carbonyl (C=O) groups excluding carboxylic acids is 1. The molecule has 0 radical (unpaired) electrons. The number of piperidine rings is 1. The van der Waals surface area contributed by atoms with Crippen LogP contribution in [0, 0.1) is 0 Å². The SMILES string of the molecule is O=C(NC1CCNCC1)c1ccccc1OCc1ccc(Cl)cc1. The summed E-state index contributed by atoms with van der Waals surface area (Å²) < 4.78 is 5.86. The molecule has 0 bridgehead atoms. The highest BCUT2D eigenvalue weighted by Crippen LogP contribution is 2.20. The average molecular weight is 345 g/mol. The Labute approximate surface area is 147 Å². The first-order valence-corrected chi connectivity index (χ1v) is 8.58. The summed E-state index contributed by atoms with van der Waals surface area (Å²) in [5.74, 6) is 0.521. The number of ether oxygens (including phenoxy) is 1. The van der Waals surface area contributed by atoms with Gasteiger partial charge in [-0.25, -0.2) is 0 Å². The second-order valence-electron chi connectivity index (χ2n) is 5.91. The molecule has 1 aliphatic heterocycles. The summed E-state index contributed by atoms with van der Waals surface area (Å²) in [6.07, 6.45) is 1.92. The van der Waals surface area contributed by atoms with Crippen molar-refractivity contribution < 1.29 is 9.53 Å². The van der Waals surface area contributed by atoms with Gasteiger partial charge >= 0.3 is 0 Å². The smallest absolute Gasteiger partial charge is 0.255 e. The van der Waals surface area contributed by atoms with Gasteiger partial charge in [0.15, 0.2) is 0 Å². The highest BCUT2D eigenvalue weighted by Gasteiger charge is 2.18. The average Bonchev–Trinajstić information content (AvgIpc) is 2.62. The fourth-order valence-corrected chi connectivity index (χ4v) is 2.88. The van der Waals surface area contributed by atoms with E-state index in [1.54, 1.807) is 6.07 Å². The third-order valence-electron chi connectivity index (χ3n) is 4.11. The number of rotatable bonds is 5. The number of carbonyl (C=O) groups is 1. The van der Waals surface area contributed by atoms with Crippen molar-refractivity contribution in [1.82, 2.24) is 10.6 Å². The minimum atomic E-state index is -0.0754. The molecule has 2 aromatic rings. The highest BCUT2D eigenvalue weighted by molar-refractivity contribution is 6.30. The van der Waals surface area contributed by atoms with E-state index < -0.39 is 0 Å². The van der Waals surface area contributed by atoms with Crippen LogP contribution in [0.2, 0.25) is 5.02 Å². The van der Waals surface area contributed by atoms with Gasteiger partial charge in [-0.3, -0.25) is 4.79 Å². The Bertz CT molecular complexity index is 682. The monoisotopic (exact) mass is 344 g/mol. The summed E-state index contributed by atoms with van der Waals surface area (Å²) in [4.78, 5) is 12.6. The van der Waals surface area contributed by atoms with Gasteiger partial charge < -0.3 is 15.4 Å². The van der Waals surface area contributed by atoms with Gasteiger partial charge in [0.25, 0.3) is 5.91 Å². The van der Waals surface area contributed by atoms with Crippen LogP contribution in [0.1, 0.15) is 28.8 Å². The third-order valence-corrected chi connectivity index (χ3v) is 4.37. The van der Waals surface area contributed by atoms with E-state index in [4.69, 9.17) is 16.3 Å². The van der Waals surface area contributed by atoms with Crippen molar-refractivity contribution in [3.63, 3.8) is 0 Å². The summed E-state index contributed by atoms with van der Waals surface area (Å²) in [6.45, 7) is 2.29. The lowest BCUT2D eigenvalue weighted by atomic mass is 10.1. The predicted molar refractivity (Wildman–Crippen MR) is 95.6 cm³/mol. The summed E-state index contributed by atoms with van der Waals surface area (Å²) in [6, 6.07) is 15.1. The van der Waals surface area contributed by atoms with E-state index in [0.29, 0.717) is 22.9 Å². The van der Waals surface area contributed by atoms with Crippen LogP contribution in [0.15, 0.2) is 48.5 Å². The Hall–Kier alpha value is -2.04. The summed E-state index contributed by atoms with van der Waals surface area (Å²) >= 11 is 5.89. The molecule has 0 saturated carbocycles. The van der Waals surface area contributed by atoms with E-state index in [0.717, 1.165) is 31.5 Å². The largest absolute Gasteiger partial charge is 0.488 e. The van der Waals surface area contributed by atoms with E-state index in [2.05, 4.69) is 10.6 Å². The maximum absolute atomic E-state index is 12.6. The van der Waals surface area contributed by atoms with Crippen molar-refractivity contribution >= 4 is 17.5 Å². The van der Waals surface area contributed by atoms with Crippen LogP contribution < -0.4 is 15.4 Å². The Morgan fingerprint density at radius 3 is 2.58 bits per heavy atom. The zero-order valence-corrected chi connectivity index (χ0v) is 14.2. The Kier molecular flexibility index (Phi) is 5.72. The number of para-hydroxylation sites is 1. The van der Waals surface area contributed by atoms with Gasteiger partial charge in [-0.15, -0.1) is 0 Å². The van der Waals surface area contributed by atoms with Crippen molar-refractivity contribution in [2.45, 2.75) is 25.5 Å². The Balaban J connectivity index is 1.65. The van der Waals surface area contributed by atoms with Crippen LogP contribution in [0.25, 0.3) is 0 Å². The van der Waals surface area contributed by atoms with Crippen LogP contribution in [-0.2, 0) is 6.61 Å². The molecule has 2 aromatic carbocycles. The van der Waals surface area contributed by atoms with Gasteiger partial charge in [-0.2, -0.15) is 0 Å². The molecule has 24 heavy (non-hydrogen) atoms. The molecule has 1 aliphatic rings. The molecule has 1 amide bonds. The van der Waals surface area contributed by atoms with Crippen LogP contribution in [0.4, 0.5) is 0 Å². The van der Waals surface area contributed by atoms with E-state index in [9.17, 15) is 4.79 Å². The molecule has 1 fully saturated rings. The molecule has 0 aromatic heterocycles. The quantitative estimate of drug-likeness (QED) is 0.874. The standard InChI is InChI=1S/C19H21ClN2O2/c20-15-7-5-14(6-8-15)13-24-18-4-2-1-3-17(18)19(23)22-16-9-11-21-12-10-16/h1-8,16,21H,9-13H2,(H,22,23). The van der Waals surface area contributed by atoms with Crippen molar-refractivity contribution in [2.75, 3.05) is 13.1 Å². The second kappa shape index (κ2) is 8.18. The molecule has 2 N–H and O–H groups in total. The first-order valence-electron chi connectivity index (χ1n) is 8.20. The molecule has 3 rings (SSSR count). The lowest BCUT2D eigenvalue weighted by molar-refractivity contribution is 0.0925. The molecule has 1 heterocycles. The number of halogens is 1. The zero-order chi connectivity index (χ0) is 16.8. The van der Waals surface area contributed by atoms with Crippen LogP contribution >= 0.6 is 11.6 Å². The number of amides is 1. The molecular formula is C19H21ClN2O2. The first-order chi connectivity index (χ1) is 11.7. The van der Waals surface area contributed by atoms with Crippen LogP contribution in [0.5, 0.6) is 5.75 Å². The molecular weight excluding hydrogens is 324 g/mol. The lowest BCUT2D eigenvalue weighted by Gasteiger charge is -2.24. The topological polar surface area (TPSA) is 50.4 Å². The van der Waals surface area contributed by atoms with E-state index in [-0.39, 0.29) is 11.9 Å². The van der Waals surface area contributed by atoms with Crippen molar-refractivity contribution in [1.29, 1.82) is 0 Å². The van der Waals surface area contributed by atoms with Gasteiger partial charge in [0, 0.05) is 11.1 Å². The van der Waals surface area contributed by atoms with Crippen LogP contribution in [0.3, 0.4) is 0 Å². The highest BCUT2D eigenvalue weighted by atomic mass is 35.5. The fraction of sp³-hybridized carbons (Fsp3) is 0.316. The molecule has 1 saturated heterocycles. The Morgan fingerprint density at radius 1 is 1.12 bits per heavy atom. The van der Waals surface area contributed by atoms with Gasteiger partial charge in [0.2, 0.25) is 0 Å². The second-order valence-corrected chi connectivity index (χ2v) is 6.35. The molecule has 0 spiro atoms. The minimum absolute atomic E-state index is 0.0754.